The van der Waals surface area contributed by atoms with Crippen molar-refractivity contribution in [3.63, 3.8) is 0 Å². The quantitative estimate of drug-likeness (QED) is 0.520. The third kappa shape index (κ3) is 1.42. The Morgan fingerprint density at radius 1 is 1.18 bits per heavy atom. The van der Waals surface area contributed by atoms with Gasteiger partial charge in [-0.1, -0.05) is 0 Å². The molecule has 2 heteroatoms. The Bertz CT molecular complexity index is 135. The molecule has 0 aromatic carbocycles. The fraction of sp³-hybridized carbons (Fsp3) is 1.00. The summed E-state index contributed by atoms with van der Waals surface area (Å²) in [6, 6.07) is 0. The molecule has 2 saturated heterocycles. The van der Waals surface area contributed by atoms with Crippen molar-refractivity contribution in [3.05, 3.63) is 0 Å². The van der Waals surface area contributed by atoms with E-state index in [0.717, 1.165) is 13.2 Å². The first-order valence-corrected chi connectivity index (χ1v) is 4.57. The van der Waals surface area contributed by atoms with Gasteiger partial charge in [0, 0.05) is 19.8 Å². The molecule has 2 fully saturated rings. The van der Waals surface area contributed by atoms with Crippen LogP contribution in [-0.4, -0.2) is 38.3 Å². The molecular formula is C9H17NO. The fourth-order valence-electron chi connectivity index (χ4n) is 2.37. The van der Waals surface area contributed by atoms with E-state index >= 15 is 0 Å². The standard InChI is InChI=1S/C9H17NO/c1-10-5-2-9(8-10)3-6-11-7-4-9/h2-8H2,1H3. The maximum absolute atomic E-state index is 5.37. The maximum Gasteiger partial charge on any atom is 0.0471 e. The van der Waals surface area contributed by atoms with E-state index in [1.165, 1.54) is 32.4 Å². The molecule has 11 heavy (non-hydrogen) atoms. The summed E-state index contributed by atoms with van der Waals surface area (Å²) in [5, 5.41) is 0. The van der Waals surface area contributed by atoms with E-state index in [4.69, 9.17) is 4.74 Å². The lowest BCUT2D eigenvalue weighted by Crippen LogP contribution is -2.31. The molecule has 64 valence electrons. The Kier molecular flexibility index (Phi) is 1.90. The molecule has 0 aromatic rings. The molecule has 2 rings (SSSR count). The predicted octanol–water partition coefficient (Wildman–Crippen LogP) is 1.12. The second kappa shape index (κ2) is 2.76. The smallest absolute Gasteiger partial charge is 0.0471 e. The van der Waals surface area contributed by atoms with Crippen LogP contribution in [0.1, 0.15) is 19.3 Å². The first-order valence-electron chi connectivity index (χ1n) is 4.57. The molecule has 0 aliphatic carbocycles. The average Bonchev–Trinajstić information content (AvgIpc) is 2.34. The van der Waals surface area contributed by atoms with Crippen LogP contribution in [0, 0.1) is 5.41 Å². The molecule has 2 heterocycles. The molecule has 1 spiro atoms. The monoisotopic (exact) mass is 155 g/mol. The van der Waals surface area contributed by atoms with Gasteiger partial charge in [-0.05, 0) is 38.3 Å². The van der Waals surface area contributed by atoms with E-state index in [1.54, 1.807) is 0 Å². The molecule has 2 aliphatic rings. The second-order valence-electron chi connectivity index (χ2n) is 4.10. The Hall–Kier alpha value is -0.0800. The molecule has 0 N–H and O–H groups in total. The van der Waals surface area contributed by atoms with Crippen LogP contribution in [0.3, 0.4) is 0 Å². The molecule has 2 aliphatic heterocycles. The van der Waals surface area contributed by atoms with Crippen molar-refractivity contribution in [3.8, 4) is 0 Å². The first-order chi connectivity index (χ1) is 5.31. The van der Waals surface area contributed by atoms with Crippen molar-refractivity contribution >= 4 is 0 Å². The summed E-state index contributed by atoms with van der Waals surface area (Å²) in [5.74, 6) is 0. The van der Waals surface area contributed by atoms with Crippen molar-refractivity contribution in [2.45, 2.75) is 19.3 Å². The molecule has 0 amide bonds. The normalized spacial score (nSPS) is 31.4. The number of hydrogen-bond donors (Lipinski definition) is 0. The Balaban J connectivity index is 1.98. The molecule has 0 radical (unpaired) electrons. The van der Waals surface area contributed by atoms with Gasteiger partial charge in [0.05, 0.1) is 0 Å². The van der Waals surface area contributed by atoms with Gasteiger partial charge in [-0.25, -0.2) is 0 Å². The topological polar surface area (TPSA) is 12.5 Å². The molecule has 2 nitrogen and oxygen atoms in total. The largest absolute Gasteiger partial charge is 0.381 e. The van der Waals surface area contributed by atoms with E-state index in [2.05, 4.69) is 11.9 Å². The minimum Gasteiger partial charge on any atom is -0.381 e. The van der Waals surface area contributed by atoms with Gasteiger partial charge < -0.3 is 9.64 Å². The van der Waals surface area contributed by atoms with Crippen LogP contribution in [0.5, 0.6) is 0 Å². The summed E-state index contributed by atoms with van der Waals surface area (Å²) in [7, 11) is 2.23. The van der Waals surface area contributed by atoms with Gasteiger partial charge in [-0.15, -0.1) is 0 Å². The lowest BCUT2D eigenvalue weighted by molar-refractivity contribution is 0.0205. The number of ether oxygens (including phenoxy) is 1. The van der Waals surface area contributed by atoms with Crippen LogP contribution in [0.25, 0.3) is 0 Å². The van der Waals surface area contributed by atoms with E-state index in [-0.39, 0.29) is 0 Å². The first kappa shape index (κ1) is 7.56. The number of rotatable bonds is 0. The summed E-state index contributed by atoms with van der Waals surface area (Å²) in [5.41, 5.74) is 0.646. The number of nitrogens with zero attached hydrogens (tertiary/aromatic N) is 1. The van der Waals surface area contributed by atoms with Gasteiger partial charge in [0.1, 0.15) is 0 Å². The minimum absolute atomic E-state index is 0.646. The Morgan fingerprint density at radius 3 is 2.45 bits per heavy atom. The minimum atomic E-state index is 0.646. The van der Waals surface area contributed by atoms with Crippen molar-refractivity contribution in [2.24, 2.45) is 5.41 Å². The second-order valence-corrected chi connectivity index (χ2v) is 4.10. The lowest BCUT2D eigenvalue weighted by atomic mass is 9.80. The predicted molar refractivity (Wildman–Crippen MR) is 44.6 cm³/mol. The van der Waals surface area contributed by atoms with E-state index < -0.39 is 0 Å². The molecular weight excluding hydrogens is 138 g/mol. The lowest BCUT2D eigenvalue weighted by Gasteiger charge is -2.32. The molecule has 0 saturated carbocycles. The highest BCUT2D eigenvalue weighted by molar-refractivity contribution is 4.89. The zero-order valence-electron chi connectivity index (χ0n) is 7.31. The summed E-state index contributed by atoms with van der Waals surface area (Å²) >= 11 is 0. The van der Waals surface area contributed by atoms with Gasteiger partial charge in [0.15, 0.2) is 0 Å². The van der Waals surface area contributed by atoms with Crippen molar-refractivity contribution < 1.29 is 4.74 Å². The highest BCUT2D eigenvalue weighted by atomic mass is 16.5. The van der Waals surface area contributed by atoms with Crippen molar-refractivity contribution in [1.82, 2.24) is 4.90 Å². The summed E-state index contributed by atoms with van der Waals surface area (Å²) in [6.45, 7) is 4.58. The highest BCUT2D eigenvalue weighted by Crippen LogP contribution is 2.38. The third-order valence-electron chi connectivity index (χ3n) is 3.18. The average molecular weight is 155 g/mol. The number of hydrogen-bond acceptors (Lipinski definition) is 2. The van der Waals surface area contributed by atoms with Crippen LogP contribution in [0.15, 0.2) is 0 Å². The van der Waals surface area contributed by atoms with E-state index in [1.807, 2.05) is 0 Å². The summed E-state index contributed by atoms with van der Waals surface area (Å²) in [6.07, 6.45) is 3.97. The zero-order chi connectivity index (χ0) is 7.73. The zero-order valence-corrected chi connectivity index (χ0v) is 7.31. The van der Waals surface area contributed by atoms with E-state index in [0.29, 0.717) is 5.41 Å². The van der Waals surface area contributed by atoms with Gasteiger partial charge in [-0.3, -0.25) is 0 Å². The summed E-state index contributed by atoms with van der Waals surface area (Å²) in [4.78, 5) is 2.45. The van der Waals surface area contributed by atoms with Gasteiger partial charge in [-0.2, -0.15) is 0 Å². The third-order valence-corrected chi connectivity index (χ3v) is 3.18. The maximum atomic E-state index is 5.37. The van der Waals surface area contributed by atoms with Crippen LogP contribution < -0.4 is 0 Å². The van der Waals surface area contributed by atoms with Gasteiger partial charge in [0.2, 0.25) is 0 Å². The van der Waals surface area contributed by atoms with Crippen molar-refractivity contribution in [2.75, 3.05) is 33.4 Å². The molecule has 0 bridgehead atoms. The van der Waals surface area contributed by atoms with Crippen LogP contribution in [-0.2, 0) is 4.74 Å². The SMILES string of the molecule is CN1CCC2(CCOCC2)C1. The Labute approximate surface area is 68.5 Å². The van der Waals surface area contributed by atoms with Crippen LogP contribution in [0.4, 0.5) is 0 Å². The van der Waals surface area contributed by atoms with Gasteiger partial charge in [0.25, 0.3) is 0 Å². The molecule has 0 aromatic heterocycles. The fourth-order valence-corrected chi connectivity index (χ4v) is 2.37. The highest BCUT2D eigenvalue weighted by Gasteiger charge is 2.37. The van der Waals surface area contributed by atoms with E-state index in [9.17, 15) is 0 Å². The van der Waals surface area contributed by atoms with Crippen LogP contribution in [0.2, 0.25) is 0 Å². The number of likely N-dealkylation sites (tertiary alicyclic amines) is 1. The van der Waals surface area contributed by atoms with Gasteiger partial charge >= 0.3 is 0 Å². The molecule has 0 atom stereocenters. The van der Waals surface area contributed by atoms with Crippen molar-refractivity contribution in [1.29, 1.82) is 0 Å². The molecule has 0 unspecified atom stereocenters. The Morgan fingerprint density at radius 2 is 1.91 bits per heavy atom. The van der Waals surface area contributed by atoms with Crippen LogP contribution >= 0.6 is 0 Å². The summed E-state index contributed by atoms with van der Waals surface area (Å²) < 4.78 is 5.37.